The first-order valence-corrected chi connectivity index (χ1v) is 7.04. The SMILES string of the molecule is CCNC(C)c1ccc(Oc2cc(F)ccc2F)c(Cl)c1. The van der Waals surface area contributed by atoms with E-state index in [1.165, 1.54) is 0 Å². The average molecular weight is 312 g/mol. The van der Waals surface area contributed by atoms with Gasteiger partial charge in [0, 0.05) is 12.1 Å². The van der Waals surface area contributed by atoms with Crippen molar-refractivity contribution in [3.8, 4) is 11.5 Å². The molecule has 0 aromatic heterocycles. The largest absolute Gasteiger partial charge is 0.453 e. The monoisotopic (exact) mass is 311 g/mol. The smallest absolute Gasteiger partial charge is 0.166 e. The Hall–Kier alpha value is -1.65. The zero-order chi connectivity index (χ0) is 15.4. The van der Waals surface area contributed by atoms with Crippen molar-refractivity contribution in [1.29, 1.82) is 0 Å². The molecule has 0 amide bonds. The van der Waals surface area contributed by atoms with Crippen molar-refractivity contribution in [2.24, 2.45) is 0 Å². The summed E-state index contributed by atoms with van der Waals surface area (Å²) >= 11 is 6.15. The molecule has 2 aromatic rings. The fraction of sp³-hybridized carbons (Fsp3) is 0.250. The first kappa shape index (κ1) is 15.7. The fourth-order valence-corrected chi connectivity index (χ4v) is 2.19. The molecule has 0 aliphatic heterocycles. The molecule has 0 aliphatic carbocycles. The van der Waals surface area contributed by atoms with E-state index in [1.807, 2.05) is 19.9 Å². The Morgan fingerprint density at radius 1 is 1.14 bits per heavy atom. The van der Waals surface area contributed by atoms with E-state index in [4.69, 9.17) is 16.3 Å². The van der Waals surface area contributed by atoms with Crippen LogP contribution in [0.15, 0.2) is 36.4 Å². The van der Waals surface area contributed by atoms with Gasteiger partial charge in [0.25, 0.3) is 0 Å². The average Bonchev–Trinajstić information content (AvgIpc) is 2.45. The molecule has 0 bridgehead atoms. The Morgan fingerprint density at radius 2 is 1.90 bits per heavy atom. The molecule has 1 N–H and O–H groups in total. The standard InChI is InChI=1S/C16H16ClF2NO/c1-3-20-10(2)11-4-7-15(13(17)8-11)21-16-9-12(18)5-6-14(16)19/h4-10,20H,3H2,1-2H3. The van der Waals surface area contributed by atoms with Gasteiger partial charge in [-0.2, -0.15) is 0 Å². The minimum atomic E-state index is -0.641. The second-order valence-electron chi connectivity index (χ2n) is 4.65. The van der Waals surface area contributed by atoms with Gasteiger partial charge < -0.3 is 10.1 Å². The molecule has 0 saturated heterocycles. The summed E-state index contributed by atoms with van der Waals surface area (Å²) in [5, 5.41) is 3.61. The maximum atomic E-state index is 13.6. The summed E-state index contributed by atoms with van der Waals surface area (Å²) in [4.78, 5) is 0. The van der Waals surface area contributed by atoms with Crippen LogP contribution in [-0.2, 0) is 0 Å². The van der Waals surface area contributed by atoms with Gasteiger partial charge in [0.2, 0.25) is 0 Å². The third-order valence-corrected chi connectivity index (χ3v) is 3.37. The molecule has 1 unspecified atom stereocenters. The van der Waals surface area contributed by atoms with Gasteiger partial charge >= 0.3 is 0 Å². The van der Waals surface area contributed by atoms with E-state index < -0.39 is 11.6 Å². The molecular formula is C16H16ClF2NO. The van der Waals surface area contributed by atoms with Crippen LogP contribution in [0.3, 0.4) is 0 Å². The highest BCUT2D eigenvalue weighted by molar-refractivity contribution is 6.32. The summed E-state index contributed by atoms with van der Waals surface area (Å²) in [6.07, 6.45) is 0. The van der Waals surface area contributed by atoms with Crippen LogP contribution >= 0.6 is 11.6 Å². The van der Waals surface area contributed by atoms with Gasteiger partial charge in [0.05, 0.1) is 5.02 Å². The molecule has 2 aromatic carbocycles. The van der Waals surface area contributed by atoms with Gasteiger partial charge in [-0.3, -0.25) is 0 Å². The zero-order valence-corrected chi connectivity index (χ0v) is 12.5. The van der Waals surface area contributed by atoms with Crippen molar-refractivity contribution >= 4 is 11.6 Å². The van der Waals surface area contributed by atoms with Crippen LogP contribution in [0.4, 0.5) is 8.78 Å². The summed E-state index contributed by atoms with van der Waals surface area (Å²) in [5.41, 5.74) is 0.994. The first-order chi connectivity index (χ1) is 10.0. The Bertz CT molecular complexity index is 634. The van der Waals surface area contributed by atoms with Crippen molar-refractivity contribution in [2.45, 2.75) is 19.9 Å². The summed E-state index contributed by atoms with van der Waals surface area (Å²) < 4.78 is 32.0. The molecular weight excluding hydrogens is 296 g/mol. The minimum Gasteiger partial charge on any atom is -0.453 e. The van der Waals surface area contributed by atoms with E-state index in [0.717, 1.165) is 30.3 Å². The Labute approximate surface area is 127 Å². The summed E-state index contributed by atoms with van der Waals surface area (Å²) in [6.45, 7) is 4.87. The van der Waals surface area contributed by atoms with Gasteiger partial charge in [-0.15, -0.1) is 0 Å². The summed E-state index contributed by atoms with van der Waals surface area (Å²) in [5.74, 6) is -1.12. The molecule has 2 nitrogen and oxygen atoms in total. The van der Waals surface area contributed by atoms with E-state index in [9.17, 15) is 8.78 Å². The van der Waals surface area contributed by atoms with Gasteiger partial charge in [-0.05, 0) is 43.3 Å². The van der Waals surface area contributed by atoms with Crippen LogP contribution in [0.5, 0.6) is 11.5 Å². The third kappa shape index (κ3) is 3.93. The van der Waals surface area contributed by atoms with Crippen LogP contribution in [0.1, 0.15) is 25.5 Å². The maximum absolute atomic E-state index is 13.6. The van der Waals surface area contributed by atoms with Gasteiger partial charge in [0.1, 0.15) is 11.6 Å². The molecule has 1 atom stereocenters. The number of benzene rings is 2. The number of rotatable bonds is 5. The molecule has 0 saturated carbocycles. The highest BCUT2D eigenvalue weighted by atomic mass is 35.5. The van der Waals surface area contributed by atoms with Gasteiger partial charge in [-0.25, -0.2) is 8.78 Å². The van der Waals surface area contributed by atoms with Crippen LogP contribution in [0.2, 0.25) is 5.02 Å². The first-order valence-electron chi connectivity index (χ1n) is 6.67. The molecule has 0 heterocycles. The fourth-order valence-electron chi connectivity index (χ4n) is 1.97. The molecule has 0 aliphatic rings. The van der Waals surface area contributed by atoms with Crippen LogP contribution < -0.4 is 10.1 Å². The quantitative estimate of drug-likeness (QED) is 0.831. The minimum absolute atomic E-state index is 0.146. The molecule has 112 valence electrons. The Kier molecular flexibility index (Phi) is 5.15. The van der Waals surface area contributed by atoms with E-state index >= 15 is 0 Å². The molecule has 0 spiro atoms. The zero-order valence-electron chi connectivity index (χ0n) is 11.8. The summed E-state index contributed by atoms with van der Waals surface area (Å²) in [6, 6.07) is 8.42. The number of halogens is 3. The predicted molar refractivity (Wildman–Crippen MR) is 80.0 cm³/mol. The van der Waals surface area contributed by atoms with Crippen molar-refractivity contribution in [2.75, 3.05) is 6.54 Å². The van der Waals surface area contributed by atoms with Crippen LogP contribution in [-0.4, -0.2) is 6.54 Å². The molecule has 21 heavy (non-hydrogen) atoms. The van der Waals surface area contributed by atoms with E-state index in [1.54, 1.807) is 12.1 Å². The number of nitrogens with one attached hydrogen (secondary N) is 1. The molecule has 0 radical (unpaired) electrons. The number of hydrogen-bond acceptors (Lipinski definition) is 2. The van der Waals surface area contributed by atoms with Crippen molar-refractivity contribution < 1.29 is 13.5 Å². The predicted octanol–water partition coefficient (Wildman–Crippen LogP) is 5.08. The van der Waals surface area contributed by atoms with Crippen LogP contribution in [0.25, 0.3) is 0 Å². The molecule has 0 fully saturated rings. The van der Waals surface area contributed by atoms with Crippen LogP contribution in [0, 0.1) is 11.6 Å². The Morgan fingerprint density at radius 3 is 2.57 bits per heavy atom. The molecule has 5 heteroatoms. The lowest BCUT2D eigenvalue weighted by molar-refractivity contribution is 0.436. The second kappa shape index (κ2) is 6.87. The number of hydrogen-bond donors (Lipinski definition) is 1. The molecule has 2 rings (SSSR count). The van der Waals surface area contributed by atoms with Crippen molar-refractivity contribution in [3.63, 3.8) is 0 Å². The highest BCUT2D eigenvalue weighted by Crippen LogP contribution is 2.33. The van der Waals surface area contributed by atoms with Gasteiger partial charge in [0.15, 0.2) is 11.6 Å². The van der Waals surface area contributed by atoms with Gasteiger partial charge in [-0.1, -0.05) is 24.6 Å². The summed E-state index contributed by atoms with van der Waals surface area (Å²) in [7, 11) is 0. The van der Waals surface area contributed by atoms with E-state index in [2.05, 4.69) is 5.32 Å². The van der Waals surface area contributed by atoms with E-state index in [-0.39, 0.29) is 17.5 Å². The lowest BCUT2D eigenvalue weighted by Crippen LogP contribution is -2.17. The normalized spacial score (nSPS) is 12.2. The highest BCUT2D eigenvalue weighted by Gasteiger charge is 2.11. The second-order valence-corrected chi connectivity index (χ2v) is 5.05. The Balaban J connectivity index is 2.23. The topological polar surface area (TPSA) is 21.3 Å². The number of ether oxygens (including phenoxy) is 1. The lowest BCUT2D eigenvalue weighted by atomic mass is 10.1. The van der Waals surface area contributed by atoms with Crippen molar-refractivity contribution in [1.82, 2.24) is 5.32 Å². The lowest BCUT2D eigenvalue weighted by Gasteiger charge is -2.15. The third-order valence-electron chi connectivity index (χ3n) is 3.08. The van der Waals surface area contributed by atoms with Crippen molar-refractivity contribution in [3.05, 3.63) is 58.6 Å². The van der Waals surface area contributed by atoms with E-state index in [0.29, 0.717) is 5.02 Å². The maximum Gasteiger partial charge on any atom is 0.166 e.